The third-order valence-corrected chi connectivity index (χ3v) is 3.91. The third-order valence-electron chi connectivity index (χ3n) is 3.91. The second-order valence-corrected chi connectivity index (χ2v) is 5.90. The van der Waals surface area contributed by atoms with E-state index in [9.17, 15) is 4.79 Å². The molecule has 3 rings (SSSR count). The van der Waals surface area contributed by atoms with Crippen molar-refractivity contribution >= 4 is 11.6 Å². The molecule has 1 amide bonds. The maximum Gasteiger partial charge on any atom is 0.224 e. The van der Waals surface area contributed by atoms with Gasteiger partial charge in [0.1, 0.15) is 0 Å². The number of carbonyl (C=O) groups excluding carboxylic acids is 1. The van der Waals surface area contributed by atoms with Crippen LogP contribution in [0.1, 0.15) is 19.8 Å². The van der Waals surface area contributed by atoms with Crippen LogP contribution in [0, 0.1) is 0 Å². The summed E-state index contributed by atoms with van der Waals surface area (Å²) >= 11 is 0. The van der Waals surface area contributed by atoms with E-state index >= 15 is 0 Å². The van der Waals surface area contributed by atoms with E-state index < -0.39 is 0 Å². The molecule has 0 saturated carbocycles. The van der Waals surface area contributed by atoms with E-state index in [0.717, 1.165) is 17.1 Å². The molecular weight excluding hydrogens is 342 g/mol. The average molecular weight is 365 g/mol. The lowest BCUT2D eigenvalue weighted by molar-refractivity contribution is -0.116. The molecule has 1 heterocycles. The number of hydrogen-bond donors (Lipinski definition) is 1. The number of benzene rings is 2. The molecule has 0 aliphatic heterocycles. The number of anilines is 1. The van der Waals surface area contributed by atoms with Gasteiger partial charge in [0.05, 0.1) is 19.5 Å². The van der Waals surface area contributed by atoms with Gasteiger partial charge in [-0.25, -0.2) is 4.98 Å². The van der Waals surface area contributed by atoms with Crippen LogP contribution in [0.2, 0.25) is 0 Å². The fraction of sp³-hybridized carbons (Fsp3) is 0.238. The SMILES string of the molecule is CCOc1ccccc1OCCCC(=O)Nc1ccc(-n2ccnc2)cc1. The summed E-state index contributed by atoms with van der Waals surface area (Å²) in [6.45, 7) is 2.97. The molecule has 0 bridgehead atoms. The summed E-state index contributed by atoms with van der Waals surface area (Å²) in [4.78, 5) is 16.1. The van der Waals surface area contributed by atoms with E-state index in [4.69, 9.17) is 9.47 Å². The van der Waals surface area contributed by atoms with Crippen LogP contribution in [-0.2, 0) is 4.79 Å². The number of carbonyl (C=O) groups is 1. The average Bonchev–Trinajstić information content (AvgIpc) is 3.22. The lowest BCUT2D eigenvalue weighted by Crippen LogP contribution is -2.13. The van der Waals surface area contributed by atoms with Gasteiger partial charge >= 0.3 is 0 Å². The number of imidazole rings is 1. The first-order valence-corrected chi connectivity index (χ1v) is 8.99. The molecule has 0 spiro atoms. The van der Waals surface area contributed by atoms with E-state index in [2.05, 4.69) is 10.3 Å². The van der Waals surface area contributed by atoms with Crippen molar-refractivity contribution in [2.45, 2.75) is 19.8 Å². The number of ether oxygens (including phenoxy) is 2. The normalized spacial score (nSPS) is 10.4. The second kappa shape index (κ2) is 9.43. The number of rotatable bonds is 9. The molecule has 6 nitrogen and oxygen atoms in total. The number of para-hydroxylation sites is 2. The molecule has 3 aromatic rings. The highest BCUT2D eigenvalue weighted by Crippen LogP contribution is 2.26. The molecule has 0 fully saturated rings. The van der Waals surface area contributed by atoms with Crippen LogP contribution in [0.15, 0.2) is 67.3 Å². The van der Waals surface area contributed by atoms with E-state index in [1.54, 1.807) is 12.5 Å². The van der Waals surface area contributed by atoms with Crippen LogP contribution in [-0.4, -0.2) is 28.7 Å². The lowest BCUT2D eigenvalue weighted by Gasteiger charge is -2.11. The highest BCUT2D eigenvalue weighted by atomic mass is 16.5. The van der Waals surface area contributed by atoms with Gasteiger partial charge in [0.25, 0.3) is 0 Å². The summed E-state index contributed by atoms with van der Waals surface area (Å²) in [5, 5.41) is 2.90. The highest BCUT2D eigenvalue weighted by molar-refractivity contribution is 5.90. The number of hydrogen-bond acceptors (Lipinski definition) is 4. The summed E-state index contributed by atoms with van der Waals surface area (Å²) in [5.74, 6) is 1.39. The predicted molar refractivity (Wildman–Crippen MR) is 105 cm³/mol. The fourth-order valence-corrected chi connectivity index (χ4v) is 2.61. The zero-order chi connectivity index (χ0) is 18.9. The molecule has 140 valence electrons. The van der Waals surface area contributed by atoms with Crippen molar-refractivity contribution in [2.24, 2.45) is 0 Å². The maximum atomic E-state index is 12.1. The van der Waals surface area contributed by atoms with Crippen LogP contribution in [0.3, 0.4) is 0 Å². The Kier molecular flexibility index (Phi) is 6.46. The van der Waals surface area contributed by atoms with Crippen molar-refractivity contribution in [2.75, 3.05) is 18.5 Å². The summed E-state index contributed by atoms with van der Waals surface area (Å²) in [6, 6.07) is 15.2. The molecule has 1 aromatic heterocycles. The second-order valence-electron chi connectivity index (χ2n) is 5.90. The standard InChI is InChI=1S/C21H23N3O3/c1-2-26-19-6-3-4-7-20(19)27-15-5-8-21(25)23-17-9-11-18(12-10-17)24-14-13-22-16-24/h3-4,6-7,9-14,16H,2,5,8,15H2,1H3,(H,23,25). The van der Waals surface area contributed by atoms with Crippen molar-refractivity contribution < 1.29 is 14.3 Å². The van der Waals surface area contributed by atoms with Crippen molar-refractivity contribution in [1.82, 2.24) is 9.55 Å². The molecule has 6 heteroatoms. The highest BCUT2D eigenvalue weighted by Gasteiger charge is 2.06. The number of nitrogens with zero attached hydrogens (tertiary/aromatic N) is 2. The Morgan fingerprint density at radius 2 is 1.81 bits per heavy atom. The van der Waals surface area contributed by atoms with Crippen molar-refractivity contribution in [3.05, 3.63) is 67.3 Å². The summed E-state index contributed by atoms with van der Waals surface area (Å²) in [6.07, 6.45) is 6.35. The van der Waals surface area contributed by atoms with Gasteiger partial charge in [-0.05, 0) is 49.7 Å². The minimum Gasteiger partial charge on any atom is -0.490 e. The Hall–Kier alpha value is -3.28. The van der Waals surface area contributed by atoms with E-state index in [1.807, 2.05) is 66.2 Å². The topological polar surface area (TPSA) is 65.4 Å². The minimum absolute atomic E-state index is 0.0351. The van der Waals surface area contributed by atoms with Gasteiger partial charge in [-0.15, -0.1) is 0 Å². The molecule has 0 saturated heterocycles. The van der Waals surface area contributed by atoms with E-state index in [-0.39, 0.29) is 5.91 Å². The molecule has 0 unspecified atom stereocenters. The number of nitrogens with one attached hydrogen (secondary N) is 1. The van der Waals surface area contributed by atoms with Crippen LogP contribution >= 0.6 is 0 Å². The first kappa shape index (κ1) is 18.5. The molecule has 0 atom stereocenters. The molecule has 2 aromatic carbocycles. The Labute approximate surface area is 158 Å². The van der Waals surface area contributed by atoms with Gasteiger partial charge in [0.2, 0.25) is 5.91 Å². The van der Waals surface area contributed by atoms with Gasteiger partial charge < -0.3 is 19.4 Å². The third kappa shape index (κ3) is 5.34. The smallest absolute Gasteiger partial charge is 0.224 e. The fourth-order valence-electron chi connectivity index (χ4n) is 2.61. The van der Waals surface area contributed by atoms with Crippen molar-refractivity contribution in [3.8, 4) is 17.2 Å². The zero-order valence-corrected chi connectivity index (χ0v) is 15.3. The molecular formula is C21H23N3O3. The summed E-state index contributed by atoms with van der Waals surface area (Å²) < 4.78 is 13.2. The Balaban J connectivity index is 1.42. The maximum absolute atomic E-state index is 12.1. The first-order chi connectivity index (χ1) is 13.3. The van der Waals surface area contributed by atoms with Gasteiger partial charge in [-0.3, -0.25) is 4.79 Å². The molecule has 0 aliphatic rings. The molecule has 1 N–H and O–H groups in total. The van der Waals surface area contributed by atoms with Gasteiger partial charge in [0, 0.05) is 30.2 Å². The molecule has 27 heavy (non-hydrogen) atoms. The zero-order valence-electron chi connectivity index (χ0n) is 15.3. The molecule has 0 radical (unpaired) electrons. The van der Waals surface area contributed by atoms with Gasteiger partial charge in [-0.1, -0.05) is 12.1 Å². The molecule has 0 aliphatic carbocycles. The lowest BCUT2D eigenvalue weighted by atomic mass is 10.2. The monoisotopic (exact) mass is 365 g/mol. The Bertz CT molecular complexity index is 845. The predicted octanol–water partition coefficient (Wildman–Crippen LogP) is 4.07. The van der Waals surface area contributed by atoms with Crippen LogP contribution in [0.5, 0.6) is 11.5 Å². The van der Waals surface area contributed by atoms with Crippen LogP contribution < -0.4 is 14.8 Å². The Morgan fingerprint density at radius 1 is 1.07 bits per heavy atom. The largest absolute Gasteiger partial charge is 0.490 e. The van der Waals surface area contributed by atoms with Crippen LogP contribution in [0.4, 0.5) is 5.69 Å². The van der Waals surface area contributed by atoms with Crippen molar-refractivity contribution in [1.29, 1.82) is 0 Å². The number of aromatic nitrogens is 2. The van der Waals surface area contributed by atoms with E-state index in [0.29, 0.717) is 31.8 Å². The van der Waals surface area contributed by atoms with E-state index in [1.165, 1.54) is 0 Å². The minimum atomic E-state index is -0.0351. The summed E-state index contributed by atoms with van der Waals surface area (Å²) in [5.41, 5.74) is 1.76. The van der Waals surface area contributed by atoms with Gasteiger partial charge in [-0.2, -0.15) is 0 Å². The first-order valence-electron chi connectivity index (χ1n) is 8.99. The summed E-state index contributed by atoms with van der Waals surface area (Å²) in [7, 11) is 0. The quantitative estimate of drug-likeness (QED) is 0.581. The van der Waals surface area contributed by atoms with Gasteiger partial charge in [0.15, 0.2) is 11.5 Å². The van der Waals surface area contributed by atoms with Crippen LogP contribution in [0.25, 0.3) is 5.69 Å². The Morgan fingerprint density at radius 3 is 2.48 bits per heavy atom. The van der Waals surface area contributed by atoms with Crippen molar-refractivity contribution in [3.63, 3.8) is 0 Å². The number of amides is 1.